The Morgan fingerprint density at radius 3 is 2.28 bits per heavy atom. The van der Waals surface area contributed by atoms with Gasteiger partial charge in [0, 0.05) is 16.1 Å². The maximum Gasteiger partial charge on any atom is 0.337 e. The lowest BCUT2D eigenvalue weighted by atomic mass is 10.0. The lowest BCUT2D eigenvalue weighted by molar-refractivity contribution is 0.0601. The molecule has 130 valence electrons. The van der Waals surface area contributed by atoms with E-state index in [0.29, 0.717) is 5.56 Å². The van der Waals surface area contributed by atoms with Crippen LogP contribution in [-0.4, -0.2) is 26.1 Å². The van der Waals surface area contributed by atoms with Gasteiger partial charge in [0.05, 0.1) is 18.2 Å². The molecule has 4 heteroatoms. The van der Waals surface area contributed by atoms with E-state index in [2.05, 4.69) is 39.0 Å². The second-order valence-electron chi connectivity index (χ2n) is 6.57. The van der Waals surface area contributed by atoms with E-state index in [1.807, 2.05) is 24.3 Å². The summed E-state index contributed by atoms with van der Waals surface area (Å²) in [5.74, 6) is -0.294. The molecule has 1 aromatic heterocycles. The van der Waals surface area contributed by atoms with Gasteiger partial charge in [0.2, 0.25) is 0 Å². The highest BCUT2D eigenvalue weighted by atomic mass is 28.3. The molecule has 1 heterocycles. The topological polar surface area (TPSA) is 39.2 Å². The van der Waals surface area contributed by atoms with E-state index in [1.165, 1.54) is 17.8 Å². The van der Waals surface area contributed by atoms with Gasteiger partial charge in [-0.1, -0.05) is 63.2 Å². The van der Waals surface area contributed by atoms with Crippen molar-refractivity contribution in [3.05, 3.63) is 48.0 Å². The summed E-state index contributed by atoms with van der Waals surface area (Å²) in [6.07, 6.45) is 0. The molecule has 0 N–H and O–H groups in total. The van der Waals surface area contributed by atoms with Gasteiger partial charge in [-0.25, -0.2) is 4.79 Å². The molecular weight excluding hydrogens is 326 g/mol. The monoisotopic (exact) mass is 351 g/mol. The molecule has 0 bridgehead atoms. The first-order chi connectivity index (χ1) is 12.1. The maximum absolute atomic E-state index is 12.1. The minimum atomic E-state index is -1.71. The first-order valence-electron chi connectivity index (χ1n) is 9.01. The number of aromatic nitrogens is 1. The van der Waals surface area contributed by atoms with Crippen molar-refractivity contribution < 1.29 is 9.53 Å². The Kier molecular flexibility index (Phi) is 4.91. The number of hydrogen-bond acceptors (Lipinski definition) is 3. The Bertz CT molecular complexity index is 923. The molecule has 0 unspecified atom stereocenters. The Morgan fingerprint density at radius 2 is 1.64 bits per heavy atom. The molecule has 3 nitrogen and oxygen atoms in total. The van der Waals surface area contributed by atoms with Crippen LogP contribution >= 0.6 is 0 Å². The van der Waals surface area contributed by atoms with Crippen LogP contribution in [0.1, 0.15) is 31.1 Å². The molecular formula is C21H25NO2Si. The zero-order valence-corrected chi connectivity index (χ0v) is 16.4. The van der Waals surface area contributed by atoms with E-state index in [9.17, 15) is 4.79 Å². The number of para-hydroxylation sites is 1. The summed E-state index contributed by atoms with van der Waals surface area (Å²) >= 11 is 0. The van der Waals surface area contributed by atoms with Crippen molar-refractivity contribution in [2.45, 2.75) is 38.9 Å². The van der Waals surface area contributed by atoms with Gasteiger partial charge in [-0.05, 0) is 23.6 Å². The van der Waals surface area contributed by atoms with Crippen LogP contribution in [-0.2, 0) is 4.74 Å². The van der Waals surface area contributed by atoms with E-state index in [-0.39, 0.29) is 5.97 Å². The largest absolute Gasteiger partial charge is 0.465 e. The Labute approximate surface area is 150 Å². The first kappa shape index (κ1) is 17.6. The predicted octanol–water partition coefficient (Wildman–Crippen LogP) is 4.89. The molecule has 3 aromatic rings. The fourth-order valence-corrected chi connectivity index (χ4v) is 7.50. The quantitative estimate of drug-likeness (QED) is 0.373. The number of fused-ring (bicyclic) bond motifs is 3. The zero-order chi connectivity index (χ0) is 18.0. The summed E-state index contributed by atoms with van der Waals surface area (Å²) in [5, 5.41) is 4.68. The minimum Gasteiger partial charge on any atom is -0.465 e. The smallest absolute Gasteiger partial charge is 0.337 e. The third kappa shape index (κ3) is 2.84. The summed E-state index contributed by atoms with van der Waals surface area (Å²) in [6.45, 7) is 6.85. The van der Waals surface area contributed by atoms with Crippen LogP contribution in [0.5, 0.6) is 0 Å². The van der Waals surface area contributed by atoms with Crippen LogP contribution in [0.15, 0.2) is 42.5 Å². The van der Waals surface area contributed by atoms with Crippen molar-refractivity contribution in [2.24, 2.45) is 0 Å². The fraction of sp³-hybridized carbons (Fsp3) is 0.333. The van der Waals surface area contributed by atoms with E-state index in [0.717, 1.165) is 34.4 Å². The predicted molar refractivity (Wildman–Crippen MR) is 107 cm³/mol. The highest BCUT2D eigenvalue weighted by molar-refractivity contribution is 6.92. The fourth-order valence-electron chi connectivity index (χ4n) is 3.86. The molecule has 0 saturated carbocycles. The number of rotatable bonds is 5. The lowest BCUT2D eigenvalue weighted by Crippen LogP contribution is -2.48. The number of esters is 1. The van der Waals surface area contributed by atoms with Crippen molar-refractivity contribution in [1.29, 1.82) is 0 Å². The number of benzene rings is 2. The average Bonchev–Trinajstić information content (AvgIpc) is 2.68. The van der Waals surface area contributed by atoms with Gasteiger partial charge in [0.25, 0.3) is 0 Å². The van der Waals surface area contributed by atoms with Crippen LogP contribution < -0.4 is 5.32 Å². The van der Waals surface area contributed by atoms with Crippen molar-refractivity contribution >= 4 is 41.0 Å². The third-order valence-electron chi connectivity index (χ3n) is 5.65. The van der Waals surface area contributed by atoms with Gasteiger partial charge in [0.1, 0.15) is 8.07 Å². The van der Waals surface area contributed by atoms with Crippen LogP contribution in [0.4, 0.5) is 0 Å². The standard InChI is InChI=1S/C21H25NO2Si/c1-5-25(6-2,7-3)20-18-14-15(21(23)24-4)12-13-16(18)17-10-8-9-11-19(17)22-20/h8-14H,5-7H2,1-4H3. The van der Waals surface area contributed by atoms with Gasteiger partial charge < -0.3 is 4.74 Å². The Balaban J connectivity index is 2.44. The van der Waals surface area contributed by atoms with Crippen molar-refractivity contribution in [1.82, 2.24) is 4.98 Å². The number of carbonyl (C=O) groups is 1. The molecule has 0 radical (unpaired) electrons. The van der Waals surface area contributed by atoms with Crippen LogP contribution in [0.2, 0.25) is 18.1 Å². The second-order valence-corrected chi connectivity index (χ2v) is 11.7. The zero-order valence-electron chi connectivity index (χ0n) is 15.4. The summed E-state index contributed by atoms with van der Waals surface area (Å²) in [6, 6.07) is 17.6. The van der Waals surface area contributed by atoms with Gasteiger partial charge in [-0.2, -0.15) is 0 Å². The van der Waals surface area contributed by atoms with E-state index in [4.69, 9.17) is 9.72 Å². The average molecular weight is 352 g/mol. The van der Waals surface area contributed by atoms with Crippen LogP contribution in [0, 0.1) is 0 Å². The number of nitrogens with zero attached hydrogens (tertiary/aromatic N) is 1. The molecule has 0 atom stereocenters. The van der Waals surface area contributed by atoms with Gasteiger partial charge >= 0.3 is 5.97 Å². The van der Waals surface area contributed by atoms with Crippen molar-refractivity contribution in [2.75, 3.05) is 7.11 Å². The van der Waals surface area contributed by atoms with Crippen molar-refractivity contribution in [3.63, 3.8) is 0 Å². The third-order valence-corrected chi connectivity index (χ3v) is 11.1. The number of carbonyl (C=O) groups excluding carboxylic acids is 1. The van der Waals surface area contributed by atoms with Crippen LogP contribution in [0.3, 0.4) is 0 Å². The van der Waals surface area contributed by atoms with E-state index in [1.54, 1.807) is 0 Å². The molecule has 0 spiro atoms. The summed E-state index contributed by atoms with van der Waals surface area (Å²) in [4.78, 5) is 17.2. The molecule has 0 aliphatic rings. The van der Waals surface area contributed by atoms with Crippen molar-refractivity contribution in [3.8, 4) is 0 Å². The molecule has 0 saturated heterocycles. The first-order valence-corrected chi connectivity index (χ1v) is 11.6. The number of pyridine rings is 1. The van der Waals surface area contributed by atoms with Gasteiger partial charge in [0.15, 0.2) is 0 Å². The molecule has 2 aromatic carbocycles. The number of ether oxygens (including phenoxy) is 1. The Morgan fingerprint density at radius 1 is 0.960 bits per heavy atom. The SMILES string of the molecule is CC[Si](CC)(CC)c1nc2ccccc2c2ccc(C(=O)OC)cc12. The minimum absolute atomic E-state index is 0.294. The number of hydrogen-bond donors (Lipinski definition) is 0. The molecule has 0 aliphatic heterocycles. The maximum atomic E-state index is 12.1. The molecule has 0 aliphatic carbocycles. The van der Waals surface area contributed by atoms with Gasteiger partial charge in [-0.3, -0.25) is 4.98 Å². The lowest BCUT2D eigenvalue weighted by Gasteiger charge is -2.29. The van der Waals surface area contributed by atoms with E-state index < -0.39 is 8.07 Å². The highest BCUT2D eigenvalue weighted by Crippen LogP contribution is 2.29. The summed E-state index contributed by atoms with van der Waals surface area (Å²) in [5.41, 5.74) is 1.64. The number of methoxy groups -OCH3 is 1. The molecule has 0 amide bonds. The summed E-state index contributed by atoms with van der Waals surface area (Å²) < 4.78 is 4.93. The molecule has 3 rings (SSSR count). The summed E-state index contributed by atoms with van der Waals surface area (Å²) in [7, 11) is -0.280. The Hall–Kier alpha value is -2.20. The molecule has 0 fully saturated rings. The second kappa shape index (κ2) is 6.96. The van der Waals surface area contributed by atoms with Crippen LogP contribution in [0.25, 0.3) is 21.7 Å². The van der Waals surface area contributed by atoms with Gasteiger partial charge in [-0.15, -0.1) is 0 Å². The highest BCUT2D eigenvalue weighted by Gasteiger charge is 2.33. The normalized spacial score (nSPS) is 11.8. The molecule has 25 heavy (non-hydrogen) atoms. The van der Waals surface area contributed by atoms with E-state index >= 15 is 0 Å².